The summed E-state index contributed by atoms with van der Waals surface area (Å²) in [6, 6.07) is 15.0. The monoisotopic (exact) mass is 330 g/mol. The van der Waals surface area contributed by atoms with Gasteiger partial charge in [0.2, 0.25) is 0 Å². The van der Waals surface area contributed by atoms with Crippen LogP contribution in [0.15, 0.2) is 53.6 Å². The van der Waals surface area contributed by atoms with Crippen molar-refractivity contribution in [3.05, 3.63) is 64.7 Å². The second-order valence-electron chi connectivity index (χ2n) is 5.33. The maximum Gasteiger partial charge on any atom is 0.277 e. The van der Waals surface area contributed by atoms with Crippen LogP contribution in [0.5, 0.6) is 5.75 Å². The predicted octanol–water partition coefficient (Wildman–Crippen LogP) is 3.99. The molecule has 0 aliphatic carbocycles. The highest BCUT2D eigenvalue weighted by Gasteiger charge is 2.04. The van der Waals surface area contributed by atoms with Gasteiger partial charge >= 0.3 is 0 Å². The number of hydrazone groups is 1. The van der Waals surface area contributed by atoms with Gasteiger partial charge in [0.05, 0.1) is 11.2 Å². The van der Waals surface area contributed by atoms with Crippen LogP contribution in [0.3, 0.4) is 0 Å². The maximum absolute atomic E-state index is 11.7. The highest BCUT2D eigenvalue weighted by atomic mass is 35.5. The topological polar surface area (TPSA) is 50.7 Å². The van der Waals surface area contributed by atoms with Crippen LogP contribution in [0.25, 0.3) is 0 Å². The molecule has 0 unspecified atom stereocenters. The molecule has 0 aliphatic heterocycles. The lowest BCUT2D eigenvalue weighted by Crippen LogP contribution is -2.24. The van der Waals surface area contributed by atoms with Gasteiger partial charge in [0.15, 0.2) is 6.61 Å². The van der Waals surface area contributed by atoms with Crippen LogP contribution < -0.4 is 10.2 Å². The molecule has 0 fully saturated rings. The Morgan fingerprint density at radius 2 is 1.91 bits per heavy atom. The quantitative estimate of drug-likeness (QED) is 0.643. The van der Waals surface area contributed by atoms with Gasteiger partial charge < -0.3 is 4.74 Å². The number of hydrogen-bond donors (Lipinski definition) is 1. The summed E-state index contributed by atoms with van der Waals surface area (Å²) in [6.45, 7) is 4.14. The highest BCUT2D eigenvalue weighted by Crippen LogP contribution is 2.22. The van der Waals surface area contributed by atoms with Crippen LogP contribution in [-0.2, 0) is 4.79 Å². The Hall–Kier alpha value is -2.33. The summed E-state index contributed by atoms with van der Waals surface area (Å²) in [5.41, 5.74) is 4.60. The van der Waals surface area contributed by atoms with Crippen LogP contribution in [-0.4, -0.2) is 18.7 Å². The first-order chi connectivity index (χ1) is 11.1. The summed E-state index contributed by atoms with van der Waals surface area (Å²) in [5.74, 6) is 0.611. The maximum atomic E-state index is 11.7. The molecular weight excluding hydrogens is 312 g/mol. The molecule has 120 valence electrons. The predicted molar refractivity (Wildman–Crippen MR) is 93.2 cm³/mol. The van der Waals surface area contributed by atoms with E-state index in [-0.39, 0.29) is 12.5 Å². The molecule has 2 aromatic carbocycles. The Morgan fingerprint density at radius 3 is 2.57 bits per heavy atom. The summed E-state index contributed by atoms with van der Waals surface area (Å²) in [4.78, 5) is 11.7. The Balaban J connectivity index is 1.80. The van der Waals surface area contributed by atoms with Crippen LogP contribution >= 0.6 is 11.6 Å². The van der Waals surface area contributed by atoms with E-state index in [1.54, 1.807) is 30.5 Å². The van der Waals surface area contributed by atoms with E-state index >= 15 is 0 Å². The third-order valence-corrected chi connectivity index (χ3v) is 3.51. The number of para-hydroxylation sites is 1. The van der Waals surface area contributed by atoms with Gasteiger partial charge in [-0.25, -0.2) is 5.43 Å². The number of amides is 1. The molecule has 0 radical (unpaired) electrons. The van der Waals surface area contributed by atoms with Gasteiger partial charge in [-0.05, 0) is 29.2 Å². The average molecular weight is 331 g/mol. The minimum absolute atomic E-state index is 0.145. The lowest BCUT2D eigenvalue weighted by molar-refractivity contribution is -0.123. The van der Waals surface area contributed by atoms with Gasteiger partial charge in [-0.15, -0.1) is 0 Å². The molecule has 0 atom stereocenters. The summed E-state index contributed by atoms with van der Waals surface area (Å²) in [6.07, 6.45) is 1.59. The van der Waals surface area contributed by atoms with Gasteiger partial charge in [0.1, 0.15) is 5.75 Å². The van der Waals surface area contributed by atoms with Gasteiger partial charge in [-0.2, -0.15) is 5.10 Å². The van der Waals surface area contributed by atoms with E-state index < -0.39 is 0 Å². The lowest BCUT2D eigenvalue weighted by atomic mass is 10.0. The summed E-state index contributed by atoms with van der Waals surface area (Å²) < 4.78 is 5.33. The minimum Gasteiger partial charge on any atom is -0.482 e. The van der Waals surface area contributed by atoms with Gasteiger partial charge in [0.25, 0.3) is 5.91 Å². The van der Waals surface area contributed by atoms with Crippen LogP contribution in [0, 0.1) is 0 Å². The third kappa shape index (κ3) is 5.42. The molecule has 0 aliphatic rings. The molecule has 2 rings (SSSR count). The average Bonchev–Trinajstić information content (AvgIpc) is 2.54. The number of rotatable bonds is 6. The number of nitrogens with zero attached hydrogens (tertiary/aromatic N) is 1. The largest absolute Gasteiger partial charge is 0.482 e. The van der Waals surface area contributed by atoms with E-state index in [2.05, 4.69) is 24.4 Å². The van der Waals surface area contributed by atoms with Crippen molar-refractivity contribution in [2.75, 3.05) is 6.61 Å². The molecule has 0 heterocycles. The van der Waals surface area contributed by atoms with E-state index in [1.165, 1.54) is 5.56 Å². The van der Waals surface area contributed by atoms with E-state index in [1.807, 2.05) is 24.3 Å². The molecule has 0 saturated heterocycles. The van der Waals surface area contributed by atoms with Crippen molar-refractivity contribution >= 4 is 23.7 Å². The Labute approximate surface area is 141 Å². The number of carbonyl (C=O) groups is 1. The molecule has 0 bridgehead atoms. The van der Waals surface area contributed by atoms with Crippen LogP contribution in [0.1, 0.15) is 30.9 Å². The first-order valence-corrected chi connectivity index (χ1v) is 7.73. The van der Waals surface area contributed by atoms with E-state index in [0.29, 0.717) is 16.7 Å². The summed E-state index contributed by atoms with van der Waals surface area (Å²) in [5, 5.41) is 4.38. The standard InChI is InChI=1S/C18H19ClN2O2/c1-13(2)15-9-7-14(8-10-15)11-20-21-18(22)12-23-17-6-4-3-5-16(17)19/h3-11,13H,12H2,1-2H3,(H,21,22)/b20-11+. The van der Waals surface area contributed by atoms with Crippen molar-refractivity contribution in [3.8, 4) is 5.75 Å². The second-order valence-corrected chi connectivity index (χ2v) is 5.74. The van der Waals surface area contributed by atoms with Gasteiger partial charge in [-0.3, -0.25) is 4.79 Å². The summed E-state index contributed by atoms with van der Waals surface area (Å²) in [7, 11) is 0. The molecule has 0 spiro atoms. The SMILES string of the molecule is CC(C)c1ccc(/C=N/NC(=O)COc2ccccc2Cl)cc1. The first-order valence-electron chi connectivity index (χ1n) is 7.35. The fraction of sp³-hybridized carbons (Fsp3) is 0.222. The van der Waals surface area contributed by atoms with E-state index in [4.69, 9.17) is 16.3 Å². The van der Waals surface area contributed by atoms with Gasteiger partial charge in [-0.1, -0.05) is 61.8 Å². The molecule has 0 aromatic heterocycles. The van der Waals surface area contributed by atoms with Crippen molar-refractivity contribution in [3.63, 3.8) is 0 Å². The summed E-state index contributed by atoms with van der Waals surface area (Å²) >= 11 is 5.94. The zero-order valence-corrected chi connectivity index (χ0v) is 13.9. The third-order valence-electron chi connectivity index (χ3n) is 3.20. The Bertz CT molecular complexity index is 682. The number of hydrogen-bond acceptors (Lipinski definition) is 3. The Morgan fingerprint density at radius 1 is 1.22 bits per heavy atom. The van der Waals surface area contributed by atoms with Gasteiger partial charge in [0, 0.05) is 0 Å². The molecule has 1 N–H and O–H groups in total. The number of nitrogens with one attached hydrogen (secondary N) is 1. The highest BCUT2D eigenvalue weighted by molar-refractivity contribution is 6.32. The van der Waals surface area contributed by atoms with Crippen molar-refractivity contribution in [1.82, 2.24) is 5.43 Å². The molecule has 0 saturated carbocycles. The van der Waals surface area contributed by atoms with Crippen molar-refractivity contribution in [1.29, 1.82) is 0 Å². The van der Waals surface area contributed by atoms with Crippen molar-refractivity contribution < 1.29 is 9.53 Å². The van der Waals surface area contributed by atoms with Crippen LogP contribution in [0.2, 0.25) is 5.02 Å². The number of benzene rings is 2. The lowest BCUT2D eigenvalue weighted by Gasteiger charge is -2.06. The molecule has 1 amide bonds. The number of halogens is 1. The van der Waals surface area contributed by atoms with E-state index in [9.17, 15) is 4.79 Å². The molecular formula is C18H19ClN2O2. The zero-order chi connectivity index (χ0) is 16.7. The molecule has 23 heavy (non-hydrogen) atoms. The normalized spacial score (nSPS) is 11.0. The minimum atomic E-state index is -0.347. The van der Waals surface area contributed by atoms with E-state index in [0.717, 1.165) is 5.56 Å². The Kier molecular flexibility index (Phi) is 6.18. The second kappa shape index (κ2) is 8.34. The fourth-order valence-corrected chi connectivity index (χ4v) is 2.07. The van der Waals surface area contributed by atoms with Crippen molar-refractivity contribution in [2.24, 2.45) is 5.10 Å². The molecule has 5 heteroatoms. The fourth-order valence-electron chi connectivity index (χ4n) is 1.88. The smallest absolute Gasteiger partial charge is 0.277 e. The number of ether oxygens (including phenoxy) is 1. The van der Waals surface area contributed by atoms with Crippen molar-refractivity contribution in [2.45, 2.75) is 19.8 Å². The first kappa shape index (κ1) is 17.0. The molecule has 4 nitrogen and oxygen atoms in total. The zero-order valence-electron chi connectivity index (χ0n) is 13.1. The molecule has 2 aromatic rings. The number of carbonyl (C=O) groups excluding carboxylic acids is 1. The van der Waals surface area contributed by atoms with Crippen LogP contribution in [0.4, 0.5) is 0 Å².